The Kier molecular flexibility index (Phi) is 4.30. The maximum atomic E-state index is 13.2. The van der Waals surface area contributed by atoms with Crippen molar-refractivity contribution >= 4 is 29.2 Å². The predicted molar refractivity (Wildman–Crippen MR) is 106 cm³/mol. The SMILES string of the molecule is COc1ccc(/C=C2/C(=O)N(c3ccccc3)C(=O)c3ccccc32)cc1. The van der Waals surface area contributed by atoms with E-state index in [2.05, 4.69) is 0 Å². The van der Waals surface area contributed by atoms with E-state index in [-0.39, 0.29) is 11.8 Å². The van der Waals surface area contributed by atoms with E-state index in [1.165, 1.54) is 4.90 Å². The van der Waals surface area contributed by atoms with Gasteiger partial charge in [0.25, 0.3) is 11.8 Å². The molecule has 0 unspecified atom stereocenters. The minimum absolute atomic E-state index is 0.311. The number of benzene rings is 3. The van der Waals surface area contributed by atoms with E-state index in [1.807, 2.05) is 60.7 Å². The normalized spacial score (nSPS) is 15.0. The molecule has 0 N–H and O–H groups in total. The summed E-state index contributed by atoms with van der Waals surface area (Å²) in [5.74, 6) is 0.100. The quantitative estimate of drug-likeness (QED) is 0.516. The van der Waals surface area contributed by atoms with Crippen LogP contribution in [0.25, 0.3) is 11.6 Å². The van der Waals surface area contributed by atoms with Crippen LogP contribution in [0.15, 0.2) is 78.9 Å². The van der Waals surface area contributed by atoms with Gasteiger partial charge in [0.15, 0.2) is 0 Å². The Balaban J connectivity index is 1.86. The molecule has 0 saturated heterocycles. The first-order chi connectivity index (χ1) is 13.2. The minimum Gasteiger partial charge on any atom is -0.497 e. The summed E-state index contributed by atoms with van der Waals surface area (Å²) in [5.41, 5.74) is 3.06. The number of nitrogens with zero attached hydrogens (tertiary/aromatic N) is 1. The van der Waals surface area contributed by atoms with Gasteiger partial charge in [-0.25, -0.2) is 4.90 Å². The molecule has 4 nitrogen and oxygen atoms in total. The summed E-state index contributed by atoms with van der Waals surface area (Å²) in [6, 6.07) is 23.6. The lowest BCUT2D eigenvalue weighted by molar-refractivity contribution is -0.112. The highest BCUT2D eigenvalue weighted by molar-refractivity contribution is 6.43. The molecule has 132 valence electrons. The number of para-hydroxylation sites is 1. The summed E-state index contributed by atoms with van der Waals surface area (Å²) in [5, 5.41) is 0. The van der Waals surface area contributed by atoms with Crippen molar-refractivity contribution in [1.29, 1.82) is 0 Å². The van der Waals surface area contributed by atoms with Crippen molar-refractivity contribution in [2.45, 2.75) is 0 Å². The van der Waals surface area contributed by atoms with E-state index in [1.54, 1.807) is 31.4 Å². The van der Waals surface area contributed by atoms with Gasteiger partial charge in [-0.1, -0.05) is 48.5 Å². The molecule has 4 rings (SSSR count). The van der Waals surface area contributed by atoms with Crippen LogP contribution in [-0.2, 0) is 4.79 Å². The molecule has 27 heavy (non-hydrogen) atoms. The van der Waals surface area contributed by atoms with Crippen LogP contribution in [-0.4, -0.2) is 18.9 Å². The second kappa shape index (κ2) is 6.92. The number of hydrogen-bond acceptors (Lipinski definition) is 3. The highest BCUT2D eigenvalue weighted by atomic mass is 16.5. The first kappa shape index (κ1) is 16.8. The van der Waals surface area contributed by atoms with E-state index in [4.69, 9.17) is 4.74 Å². The first-order valence-electron chi connectivity index (χ1n) is 8.58. The summed E-state index contributed by atoms with van der Waals surface area (Å²) in [6.07, 6.45) is 1.81. The predicted octanol–water partition coefficient (Wildman–Crippen LogP) is 4.42. The molecule has 4 heteroatoms. The average Bonchev–Trinajstić information content (AvgIpc) is 2.72. The largest absolute Gasteiger partial charge is 0.497 e. The Hall–Kier alpha value is -3.66. The van der Waals surface area contributed by atoms with Crippen molar-refractivity contribution in [3.8, 4) is 5.75 Å². The number of imide groups is 1. The molecule has 0 saturated carbocycles. The molecule has 3 aromatic rings. The Morgan fingerprint density at radius 1 is 0.741 bits per heavy atom. The van der Waals surface area contributed by atoms with Gasteiger partial charge in [0.2, 0.25) is 0 Å². The number of carbonyl (C=O) groups is 2. The number of ether oxygens (including phenoxy) is 1. The zero-order chi connectivity index (χ0) is 18.8. The monoisotopic (exact) mass is 355 g/mol. The number of fused-ring (bicyclic) bond motifs is 1. The lowest BCUT2D eigenvalue weighted by Gasteiger charge is -2.28. The third-order valence-electron chi connectivity index (χ3n) is 4.53. The van der Waals surface area contributed by atoms with Crippen LogP contribution >= 0.6 is 0 Å². The molecule has 0 aromatic heterocycles. The van der Waals surface area contributed by atoms with Gasteiger partial charge in [0.1, 0.15) is 5.75 Å². The fraction of sp³-hybridized carbons (Fsp3) is 0.0435. The van der Waals surface area contributed by atoms with Gasteiger partial charge in [0.05, 0.1) is 12.8 Å². The van der Waals surface area contributed by atoms with Gasteiger partial charge in [-0.3, -0.25) is 9.59 Å². The molecule has 0 spiro atoms. The zero-order valence-corrected chi connectivity index (χ0v) is 14.8. The molecule has 0 fully saturated rings. The standard InChI is InChI=1S/C23H17NO3/c1-27-18-13-11-16(12-14-18)15-21-19-9-5-6-10-20(19)22(25)24(23(21)26)17-7-3-2-4-8-17/h2-15H,1H3/b21-15+. The molecule has 1 aliphatic heterocycles. The lowest BCUT2D eigenvalue weighted by Crippen LogP contribution is -2.41. The van der Waals surface area contributed by atoms with Crippen molar-refractivity contribution in [3.05, 3.63) is 95.6 Å². The van der Waals surface area contributed by atoms with Gasteiger partial charge in [-0.2, -0.15) is 0 Å². The maximum absolute atomic E-state index is 13.2. The third-order valence-corrected chi connectivity index (χ3v) is 4.53. The molecule has 0 bridgehead atoms. The summed E-state index contributed by atoms with van der Waals surface area (Å²) in [4.78, 5) is 27.4. The van der Waals surface area contributed by atoms with Crippen LogP contribution < -0.4 is 9.64 Å². The van der Waals surface area contributed by atoms with Crippen molar-refractivity contribution in [2.24, 2.45) is 0 Å². The maximum Gasteiger partial charge on any atom is 0.265 e. The topological polar surface area (TPSA) is 46.6 Å². The Morgan fingerprint density at radius 3 is 2.04 bits per heavy atom. The number of carbonyl (C=O) groups excluding carboxylic acids is 2. The van der Waals surface area contributed by atoms with E-state index < -0.39 is 0 Å². The van der Waals surface area contributed by atoms with Crippen LogP contribution in [0, 0.1) is 0 Å². The Labute approximate surface area is 157 Å². The summed E-state index contributed by atoms with van der Waals surface area (Å²) < 4.78 is 5.18. The second-order valence-electron chi connectivity index (χ2n) is 6.16. The Bertz CT molecular complexity index is 1040. The van der Waals surface area contributed by atoms with Crippen molar-refractivity contribution < 1.29 is 14.3 Å². The van der Waals surface area contributed by atoms with Gasteiger partial charge >= 0.3 is 0 Å². The molecule has 2 amide bonds. The van der Waals surface area contributed by atoms with Crippen LogP contribution in [0.1, 0.15) is 21.5 Å². The molecule has 1 aliphatic rings. The number of anilines is 1. The van der Waals surface area contributed by atoms with Crippen LogP contribution in [0.4, 0.5) is 5.69 Å². The first-order valence-corrected chi connectivity index (χ1v) is 8.58. The van der Waals surface area contributed by atoms with Gasteiger partial charge in [-0.05, 0) is 47.5 Å². The van der Waals surface area contributed by atoms with Gasteiger partial charge < -0.3 is 4.74 Å². The molecule has 0 radical (unpaired) electrons. The van der Waals surface area contributed by atoms with E-state index >= 15 is 0 Å². The lowest BCUT2D eigenvalue weighted by atomic mass is 9.91. The number of hydrogen-bond donors (Lipinski definition) is 0. The van der Waals surface area contributed by atoms with Crippen LogP contribution in [0.3, 0.4) is 0 Å². The van der Waals surface area contributed by atoms with Gasteiger partial charge in [-0.15, -0.1) is 0 Å². The fourth-order valence-electron chi connectivity index (χ4n) is 3.17. The molecule has 0 atom stereocenters. The molecular weight excluding hydrogens is 338 g/mol. The van der Waals surface area contributed by atoms with E-state index in [9.17, 15) is 9.59 Å². The third kappa shape index (κ3) is 3.02. The van der Waals surface area contributed by atoms with E-state index in [0.717, 1.165) is 11.3 Å². The number of methoxy groups -OCH3 is 1. The molecular formula is C23H17NO3. The molecule has 0 aliphatic carbocycles. The highest BCUT2D eigenvalue weighted by Gasteiger charge is 2.35. The average molecular weight is 355 g/mol. The van der Waals surface area contributed by atoms with E-state index in [0.29, 0.717) is 22.4 Å². The summed E-state index contributed by atoms with van der Waals surface area (Å²) >= 11 is 0. The van der Waals surface area contributed by atoms with Crippen molar-refractivity contribution in [3.63, 3.8) is 0 Å². The minimum atomic E-state index is -0.333. The second-order valence-corrected chi connectivity index (χ2v) is 6.16. The summed E-state index contributed by atoms with van der Waals surface area (Å²) in [6.45, 7) is 0. The number of amides is 2. The fourth-order valence-corrected chi connectivity index (χ4v) is 3.17. The van der Waals surface area contributed by atoms with Crippen molar-refractivity contribution in [1.82, 2.24) is 0 Å². The van der Waals surface area contributed by atoms with Crippen LogP contribution in [0.2, 0.25) is 0 Å². The van der Waals surface area contributed by atoms with Gasteiger partial charge in [0, 0.05) is 11.1 Å². The zero-order valence-electron chi connectivity index (χ0n) is 14.8. The smallest absolute Gasteiger partial charge is 0.265 e. The highest BCUT2D eigenvalue weighted by Crippen LogP contribution is 2.33. The molecule has 1 heterocycles. The number of rotatable bonds is 3. The molecule has 3 aromatic carbocycles. The Morgan fingerprint density at radius 2 is 1.37 bits per heavy atom. The van der Waals surface area contributed by atoms with Crippen molar-refractivity contribution in [2.75, 3.05) is 12.0 Å². The summed E-state index contributed by atoms with van der Waals surface area (Å²) in [7, 11) is 1.61. The van der Waals surface area contributed by atoms with Crippen LogP contribution in [0.5, 0.6) is 5.75 Å².